The Kier molecular flexibility index (Phi) is 47.1. The first-order valence-electron chi connectivity index (χ1n) is 45.8. The van der Waals surface area contributed by atoms with Gasteiger partial charge in [-0.3, -0.25) is 19.2 Å². The fraction of sp³-hybridized carbons (Fsp3) is 0.377. The predicted octanol–water partition coefficient (Wildman–Crippen LogP) is 11.6. The fourth-order valence-electron chi connectivity index (χ4n) is 16.9. The average Bonchev–Trinajstić information content (AvgIpc) is 1.59. The summed E-state index contributed by atoms with van der Waals surface area (Å²) in [5, 5.41) is 19.6. The van der Waals surface area contributed by atoms with E-state index in [9.17, 15) is 57.6 Å². The van der Waals surface area contributed by atoms with Gasteiger partial charge in [0, 0.05) is 82.1 Å². The maximum absolute atomic E-state index is 13.1. The van der Waals surface area contributed by atoms with Crippen molar-refractivity contribution in [3.05, 3.63) is 270 Å². The van der Waals surface area contributed by atoms with Gasteiger partial charge in [0.05, 0.1) is 57.7 Å². The van der Waals surface area contributed by atoms with Crippen molar-refractivity contribution in [2.45, 2.75) is 220 Å². The molecular weight excluding hydrogens is 2240 g/mol. The number of carbonyl (C=O) groups excluding carboxylic acids is 6. The van der Waals surface area contributed by atoms with Gasteiger partial charge in [-0.15, -0.1) is 0 Å². The van der Waals surface area contributed by atoms with Crippen LogP contribution in [-0.4, -0.2) is 156 Å². The number of ketones is 3. The van der Waals surface area contributed by atoms with E-state index < -0.39 is 87.7 Å². The van der Waals surface area contributed by atoms with Gasteiger partial charge in [-0.2, -0.15) is 0 Å². The summed E-state index contributed by atoms with van der Waals surface area (Å²) in [6.45, 7) is 44.4. The second-order valence-corrected chi connectivity index (χ2v) is 61.7. The molecule has 0 saturated heterocycles. The molecule has 0 atom stereocenters. The number of nitrogens with zero attached hydrogens (tertiary/aromatic N) is 2. The molecule has 0 fully saturated rings. The van der Waals surface area contributed by atoms with Gasteiger partial charge in [0.25, 0.3) is 31.4 Å². The molecule has 758 valence electrons. The molecule has 0 spiro atoms. The third-order valence-corrected chi connectivity index (χ3v) is 42.7. The van der Waals surface area contributed by atoms with Gasteiger partial charge in [-0.25, -0.2) is 47.2 Å². The van der Waals surface area contributed by atoms with Crippen molar-refractivity contribution in [2.75, 3.05) is 36.9 Å². The van der Waals surface area contributed by atoms with Crippen LogP contribution in [0.3, 0.4) is 0 Å². The van der Waals surface area contributed by atoms with Gasteiger partial charge in [-0.05, 0) is 166 Å². The van der Waals surface area contributed by atoms with Crippen molar-refractivity contribution < 1.29 is 235 Å². The second-order valence-electron chi connectivity index (χ2n) is 40.2. The standard InChI is InChI=1S/C32H39NO4SSi.C31H37NO6S2Si.C30H35NO4SSi.C7H14BrNO2.C5H11NO2.CH2O3.2Cs.H/c1-8-33-28-21-30(38(7,35)36)25(19-24(28)20-29(33)31(34)23(2)3)22-37-39(32(4,5)6,26-15-11-9-12-16-26)27-17-13-10-14-18-27;1-22(2)30(33)28-19-23-18-24(29(39(6,34)35)20-27(23)32(28)40(7,36)37)21-38-41(31(3,4)5,25-14-10-8-11-15-25)26-16-12-9-13-17-26;1-21(2)29(32)27-18-22-17-23(28(36(6,33)34)19-26(22)31-27)20-35-37(30(3,4)5,24-13-9-7-10-14-24)25-15-11-8-12-16-25;1-7(2,3)11-6(10)9-5-4-8;1-5(2,3)8-4(6)7;2-1-4-3;;;/h9-21,23H,8,22H2,1-7H3;8-20,22H,21H2,1-7H3;7-19,21,31H,20H2,1-6H3;4-5H2,1-3H3,(H,9,10);1-3H3,(H2,6,7);1,3H;;;/q;;;;;;2*+1;-1/p-1. The molecule has 2 amide bonds. The maximum atomic E-state index is 13.1. The summed E-state index contributed by atoms with van der Waals surface area (Å²) in [6, 6.07) is 76.5. The van der Waals surface area contributed by atoms with Crippen molar-refractivity contribution >= 4 is 180 Å². The topological polar surface area (TPSA) is 381 Å². The number of alkyl halides is 1. The number of hydrogen-bond donors (Lipinski definition) is 3. The van der Waals surface area contributed by atoms with Gasteiger partial charge in [-0.1, -0.05) is 302 Å². The Labute approximate surface area is 970 Å². The number of nitrogens with one attached hydrogen (secondary N) is 2. The fourth-order valence-corrected chi connectivity index (χ4v) is 34.5. The summed E-state index contributed by atoms with van der Waals surface area (Å²) in [6.07, 6.45) is 3.45. The normalized spacial score (nSPS) is 12.3. The Hall–Kier alpha value is -6.51. The van der Waals surface area contributed by atoms with E-state index in [1.165, 1.54) is 24.6 Å². The Morgan fingerprint density at radius 3 is 0.986 bits per heavy atom. The molecule has 0 aliphatic rings. The first-order valence-corrected chi connectivity index (χ1v) is 60.2. The molecule has 0 bridgehead atoms. The molecule has 26 nitrogen and oxygen atoms in total. The molecule has 3 heterocycles. The van der Waals surface area contributed by atoms with Crippen LogP contribution in [0.25, 0.3) is 32.7 Å². The first-order chi connectivity index (χ1) is 64.9. The summed E-state index contributed by atoms with van der Waals surface area (Å²) < 4.78 is 137. The van der Waals surface area contributed by atoms with Crippen LogP contribution >= 0.6 is 15.9 Å². The summed E-state index contributed by atoms with van der Waals surface area (Å²) in [7, 11) is -23.6. The number of aromatic amines is 1. The van der Waals surface area contributed by atoms with Crippen LogP contribution < -0.4 is 185 Å². The zero-order chi connectivity index (χ0) is 105. The molecule has 0 aliphatic carbocycles. The van der Waals surface area contributed by atoms with E-state index in [2.05, 4.69) is 171 Å². The Bertz CT molecular complexity index is 6680. The minimum Gasteiger partial charge on any atom is -1.00 e. The smallest absolute Gasteiger partial charge is 1.00 e. The summed E-state index contributed by atoms with van der Waals surface area (Å²) in [5.41, 5.74) is 8.06. The van der Waals surface area contributed by atoms with Crippen molar-refractivity contribution in [3.63, 3.8) is 0 Å². The van der Waals surface area contributed by atoms with E-state index in [4.69, 9.17) is 33.8 Å². The van der Waals surface area contributed by atoms with E-state index in [0.717, 1.165) is 69.2 Å². The summed E-state index contributed by atoms with van der Waals surface area (Å²) in [5.74, 6) is -1.10. The summed E-state index contributed by atoms with van der Waals surface area (Å²) in [4.78, 5) is 74.2. The number of aryl methyl sites for hydroxylation is 1. The molecule has 0 aliphatic heterocycles. The molecule has 3 aromatic heterocycles. The predicted molar refractivity (Wildman–Crippen MR) is 569 cm³/mol. The van der Waals surface area contributed by atoms with Gasteiger partial charge in [0.2, 0.25) is 10.0 Å². The number of hydrogen-bond acceptors (Lipinski definition) is 21. The number of sulfone groups is 3. The third-order valence-electron chi connectivity index (χ3n) is 22.8. The minimum atomic E-state index is -3.92. The zero-order valence-electron chi connectivity index (χ0n) is 88.1. The van der Waals surface area contributed by atoms with Crippen LogP contribution in [0.15, 0.2) is 251 Å². The van der Waals surface area contributed by atoms with Crippen molar-refractivity contribution in [1.29, 1.82) is 0 Å². The van der Waals surface area contributed by atoms with E-state index in [-0.39, 0.29) is 242 Å². The molecule has 0 saturated carbocycles. The average molecular weight is 2380 g/mol. The number of halogens is 1. The van der Waals surface area contributed by atoms with E-state index >= 15 is 0 Å². The molecule has 9 aromatic carbocycles. The summed E-state index contributed by atoms with van der Waals surface area (Å²) >= 11 is 3.19. The van der Waals surface area contributed by atoms with Crippen LogP contribution in [0.2, 0.25) is 15.1 Å². The van der Waals surface area contributed by atoms with Crippen LogP contribution in [0.5, 0.6) is 0 Å². The van der Waals surface area contributed by atoms with Crippen molar-refractivity contribution in [3.8, 4) is 0 Å². The van der Waals surface area contributed by atoms with Crippen LogP contribution in [0, 0.1) is 17.8 Å². The number of carbonyl (C=O) groups is 6. The number of nitrogens with two attached hydrogens (primary N) is 1. The van der Waals surface area contributed by atoms with Gasteiger partial charge in [0.1, 0.15) is 16.9 Å². The monoisotopic (exact) mass is 2370 g/mol. The number of amides is 2. The number of aromatic nitrogens is 3. The number of alkyl carbamates (subject to hydrolysis) is 1. The molecule has 0 radical (unpaired) electrons. The number of rotatable bonds is 29. The van der Waals surface area contributed by atoms with Crippen LogP contribution in [-0.2, 0) is 98.3 Å². The third kappa shape index (κ3) is 32.8. The Morgan fingerprint density at radius 1 is 0.437 bits per heavy atom. The van der Waals surface area contributed by atoms with Crippen molar-refractivity contribution in [1.82, 2.24) is 18.8 Å². The van der Waals surface area contributed by atoms with Gasteiger partial charge < -0.3 is 54.9 Å². The second kappa shape index (κ2) is 53.1. The zero-order valence-corrected chi connectivity index (χ0v) is 108. The largest absolute Gasteiger partial charge is 1.00 e. The van der Waals surface area contributed by atoms with E-state index in [1.54, 1.807) is 58.9 Å². The number of ether oxygens (including phenoxy) is 2. The van der Waals surface area contributed by atoms with Crippen LogP contribution in [0.1, 0.15) is 202 Å². The minimum absolute atomic E-state index is 0. The maximum Gasteiger partial charge on any atom is 1.00 e. The first kappa shape index (κ1) is 126. The van der Waals surface area contributed by atoms with E-state index in [0.29, 0.717) is 52.1 Å². The number of Topliss-reactive ketones (excluding diaryl/α,β-unsaturated/α-hetero) is 3. The number of benzene rings is 9. The van der Waals surface area contributed by atoms with Crippen molar-refractivity contribution in [2.24, 2.45) is 23.5 Å². The molecule has 0 unspecified atom stereocenters. The molecule has 12 rings (SSSR count). The molecule has 36 heteroatoms. The Balaban J connectivity index is 0.000000398. The SMILES string of the molecule is CC(C)(C)OC(=O)NCCBr.CC(C)(C)OC(N)=O.CC(C)C(=O)c1cc2cc(CO[Si](c3ccccc3)(c3ccccc3)C(C)(C)C)c(S(C)(=O)=O)cc2[nH]1.CC(C)C(=O)c1cc2cc(CO[Si](c3ccccc3)(c3ccccc3)C(C)(C)C)c(S(C)(=O)=O)cc2n1S(C)(=O)=O.CCn1c(C(=O)C(C)C)cc2cc(CO[Si](c3ccccc3)(c3ccccc3)C(C)(C)C)c(S(C)(=O)=O)cc21.O=CO[O-].[Cs+].[Cs+].[H-]. The number of fused-ring (bicyclic) bond motifs is 3. The molecule has 4 N–H and O–H groups in total. The van der Waals surface area contributed by atoms with Gasteiger partial charge in [0.15, 0.2) is 46.9 Å². The molecule has 12 aromatic rings. The van der Waals surface area contributed by atoms with Gasteiger partial charge >= 0.3 is 150 Å². The molecule has 142 heavy (non-hydrogen) atoms. The number of H-pyrrole nitrogens is 1. The van der Waals surface area contributed by atoms with E-state index in [1.807, 2.05) is 187 Å². The quantitative estimate of drug-likeness (QED) is 0.00979. The number of primary amides is 1. The van der Waals surface area contributed by atoms with Crippen LogP contribution in [0.4, 0.5) is 9.59 Å². The molecular formula is C106H138BrCs2N5O21S4Si3. The Morgan fingerprint density at radius 2 is 0.725 bits per heavy atom.